The Balaban J connectivity index is 1.39. The van der Waals surface area contributed by atoms with E-state index in [1.54, 1.807) is 18.2 Å². The van der Waals surface area contributed by atoms with Gasteiger partial charge >= 0.3 is 0 Å². The standard InChI is InChI=1S/C23H22ClN3O5S/c1-31-19-7-4-16(13-18(19)24)25-21(28)14-27-22(29)20(33-23(27)30)12-15-2-5-17(6-3-15)26-8-10-32-11-9-26/h2-7,12-13H,8-11,14H2,1H3,(H,25,28). The second kappa shape index (κ2) is 10.3. The first kappa shape index (κ1) is 23.2. The third-order valence-electron chi connectivity index (χ3n) is 5.18. The Morgan fingerprint density at radius 2 is 1.91 bits per heavy atom. The molecule has 2 aromatic carbocycles. The fourth-order valence-electron chi connectivity index (χ4n) is 3.48. The molecule has 4 rings (SSSR count). The van der Waals surface area contributed by atoms with E-state index in [9.17, 15) is 14.4 Å². The highest BCUT2D eigenvalue weighted by atomic mass is 35.5. The first-order valence-electron chi connectivity index (χ1n) is 10.3. The molecule has 172 valence electrons. The molecule has 0 aliphatic carbocycles. The molecule has 0 unspecified atom stereocenters. The van der Waals surface area contributed by atoms with Crippen molar-refractivity contribution in [3.63, 3.8) is 0 Å². The number of hydrogen-bond acceptors (Lipinski definition) is 7. The van der Waals surface area contributed by atoms with Crippen molar-refractivity contribution in [2.45, 2.75) is 0 Å². The number of morpholine rings is 1. The average molecular weight is 488 g/mol. The monoisotopic (exact) mass is 487 g/mol. The summed E-state index contributed by atoms with van der Waals surface area (Å²) in [7, 11) is 1.49. The Hall–Kier alpha value is -3.01. The van der Waals surface area contributed by atoms with Crippen LogP contribution in [0.4, 0.5) is 16.2 Å². The smallest absolute Gasteiger partial charge is 0.294 e. The highest BCUT2D eigenvalue weighted by Gasteiger charge is 2.36. The topological polar surface area (TPSA) is 88.2 Å². The number of nitrogens with one attached hydrogen (secondary N) is 1. The molecular formula is C23H22ClN3O5S. The van der Waals surface area contributed by atoms with Gasteiger partial charge in [0.05, 0.1) is 30.3 Å². The van der Waals surface area contributed by atoms with Gasteiger partial charge in [0.1, 0.15) is 12.3 Å². The molecule has 2 aliphatic rings. The molecule has 0 atom stereocenters. The van der Waals surface area contributed by atoms with Crippen LogP contribution in [0.5, 0.6) is 5.75 Å². The summed E-state index contributed by atoms with van der Waals surface area (Å²) < 4.78 is 10.5. The van der Waals surface area contributed by atoms with E-state index in [0.717, 1.165) is 41.0 Å². The van der Waals surface area contributed by atoms with Crippen LogP contribution in [0.15, 0.2) is 47.4 Å². The van der Waals surface area contributed by atoms with Crippen molar-refractivity contribution in [2.24, 2.45) is 0 Å². The van der Waals surface area contributed by atoms with Crippen LogP contribution in [-0.4, -0.2) is 61.9 Å². The molecule has 2 saturated heterocycles. The highest BCUT2D eigenvalue weighted by molar-refractivity contribution is 8.18. The van der Waals surface area contributed by atoms with Crippen LogP contribution in [0.2, 0.25) is 5.02 Å². The Morgan fingerprint density at radius 1 is 1.18 bits per heavy atom. The van der Waals surface area contributed by atoms with Gasteiger partial charge in [-0.1, -0.05) is 23.7 Å². The predicted octanol–water partition coefficient (Wildman–Crippen LogP) is 3.86. The number of rotatable bonds is 6. The molecule has 8 nitrogen and oxygen atoms in total. The van der Waals surface area contributed by atoms with Crippen molar-refractivity contribution < 1.29 is 23.9 Å². The lowest BCUT2D eigenvalue weighted by atomic mass is 10.1. The number of benzene rings is 2. The summed E-state index contributed by atoms with van der Waals surface area (Å²) in [4.78, 5) is 40.9. The first-order valence-corrected chi connectivity index (χ1v) is 11.5. The zero-order valence-corrected chi connectivity index (χ0v) is 19.4. The van der Waals surface area contributed by atoms with Crippen LogP contribution >= 0.6 is 23.4 Å². The van der Waals surface area contributed by atoms with Crippen LogP contribution in [0.25, 0.3) is 6.08 Å². The number of halogens is 1. The van der Waals surface area contributed by atoms with Crippen molar-refractivity contribution in [2.75, 3.05) is 50.2 Å². The number of anilines is 2. The van der Waals surface area contributed by atoms with Crippen LogP contribution in [0, 0.1) is 0 Å². The molecule has 1 N–H and O–H groups in total. The van der Waals surface area contributed by atoms with Gasteiger partial charge in [-0.25, -0.2) is 0 Å². The maximum atomic E-state index is 12.7. The van der Waals surface area contributed by atoms with Crippen LogP contribution in [0.3, 0.4) is 0 Å². The Kier molecular flexibility index (Phi) is 7.22. The number of imide groups is 1. The number of carbonyl (C=O) groups excluding carboxylic acids is 3. The van der Waals surface area contributed by atoms with Gasteiger partial charge in [-0.3, -0.25) is 19.3 Å². The number of amides is 3. The van der Waals surface area contributed by atoms with Crippen molar-refractivity contribution >= 4 is 57.9 Å². The summed E-state index contributed by atoms with van der Waals surface area (Å²) in [6.07, 6.45) is 1.66. The maximum absolute atomic E-state index is 12.7. The molecule has 3 amide bonds. The van der Waals surface area contributed by atoms with Gasteiger partial charge < -0.3 is 19.7 Å². The number of carbonyl (C=O) groups is 3. The van der Waals surface area contributed by atoms with Crippen LogP contribution < -0.4 is 15.0 Å². The van der Waals surface area contributed by atoms with E-state index in [2.05, 4.69) is 10.2 Å². The van der Waals surface area contributed by atoms with Gasteiger partial charge in [0, 0.05) is 24.5 Å². The molecule has 0 radical (unpaired) electrons. The van der Waals surface area contributed by atoms with Gasteiger partial charge in [0.15, 0.2) is 0 Å². The molecule has 2 fully saturated rings. The quantitative estimate of drug-likeness (QED) is 0.619. The number of nitrogens with zero attached hydrogens (tertiary/aromatic N) is 2. The van der Waals surface area contributed by atoms with E-state index in [-0.39, 0.29) is 11.4 Å². The molecule has 10 heteroatoms. The Bertz CT molecular complexity index is 1100. The lowest BCUT2D eigenvalue weighted by Gasteiger charge is -2.28. The minimum Gasteiger partial charge on any atom is -0.495 e. The van der Waals surface area contributed by atoms with E-state index < -0.39 is 17.1 Å². The molecule has 33 heavy (non-hydrogen) atoms. The van der Waals surface area contributed by atoms with E-state index in [1.807, 2.05) is 24.3 Å². The van der Waals surface area contributed by atoms with Gasteiger partial charge in [0.2, 0.25) is 5.91 Å². The number of thioether (sulfide) groups is 1. The molecule has 2 aliphatic heterocycles. The SMILES string of the molecule is COc1ccc(NC(=O)CN2C(=O)SC(=Cc3ccc(N4CCOCC4)cc3)C2=O)cc1Cl. The molecule has 0 saturated carbocycles. The highest BCUT2D eigenvalue weighted by Crippen LogP contribution is 2.33. The number of hydrogen-bond donors (Lipinski definition) is 1. The summed E-state index contributed by atoms with van der Waals surface area (Å²) in [5.41, 5.74) is 2.32. The van der Waals surface area contributed by atoms with Crippen molar-refractivity contribution in [1.82, 2.24) is 4.90 Å². The van der Waals surface area contributed by atoms with E-state index in [0.29, 0.717) is 29.7 Å². The lowest BCUT2D eigenvalue weighted by molar-refractivity contribution is -0.127. The first-order chi connectivity index (χ1) is 15.9. The van der Waals surface area contributed by atoms with Gasteiger partial charge in [-0.2, -0.15) is 0 Å². The van der Waals surface area contributed by atoms with E-state index >= 15 is 0 Å². The number of methoxy groups -OCH3 is 1. The number of ether oxygens (including phenoxy) is 2. The minimum atomic E-state index is -0.505. The normalized spacial score (nSPS) is 17.6. The Morgan fingerprint density at radius 3 is 2.58 bits per heavy atom. The molecule has 2 heterocycles. The third-order valence-corrected chi connectivity index (χ3v) is 6.38. The minimum absolute atomic E-state index is 0.277. The average Bonchev–Trinajstić information content (AvgIpc) is 3.07. The summed E-state index contributed by atoms with van der Waals surface area (Å²) >= 11 is 6.88. The fourth-order valence-corrected chi connectivity index (χ4v) is 4.57. The molecule has 0 bridgehead atoms. The van der Waals surface area contributed by atoms with E-state index in [4.69, 9.17) is 21.1 Å². The largest absolute Gasteiger partial charge is 0.495 e. The lowest BCUT2D eigenvalue weighted by Crippen LogP contribution is -2.36. The van der Waals surface area contributed by atoms with Crippen molar-refractivity contribution in [1.29, 1.82) is 0 Å². The zero-order valence-electron chi connectivity index (χ0n) is 17.9. The summed E-state index contributed by atoms with van der Waals surface area (Å²) in [6, 6.07) is 12.5. The fraction of sp³-hybridized carbons (Fsp3) is 0.261. The predicted molar refractivity (Wildman–Crippen MR) is 129 cm³/mol. The van der Waals surface area contributed by atoms with Crippen molar-refractivity contribution in [3.8, 4) is 5.75 Å². The molecule has 2 aromatic rings. The summed E-state index contributed by atoms with van der Waals surface area (Å²) in [6.45, 7) is 2.69. The second-order valence-corrected chi connectivity index (χ2v) is 8.76. The van der Waals surface area contributed by atoms with Gasteiger partial charge in [-0.05, 0) is 53.7 Å². The maximum Gasteiger partial charge on any atom is 0.294 e. The van der Waals surface area contributed by atoms with Crippen LogP contribution in [-0.2, 0) is 14.3 Å². The Labute approximate surface area is 200 Å². The summed E-state index contributed by atoms with van der Waals surface area (Å²) in [5, 5.41) is 2.49. The van der Waals surface area contributed by atoms with Crippen LogP contribution in [0.1, 0.15) is 5.56 Å². The molecular weight excluding hydrogens is 466 g/mol. The van der Waals surface area contributed by atoms with E-state index in [1.165, 1.54) is 13.2 Å². The van der Waals surface area contributed by atoms with Crippen molar-refractivity contribution in [3.05, 3.63) is 58.0 Å². The third kappa shape index (κ3) is 5.50. The van der Waals surface area contributed by atoms with Gasteiger partial charge in [-0.15, -0.1) is 0 Å². The second-order valence-electron chi connectivity index (χ2n) is 7.36. The zero-order chi connectivity index (χ0) is 23.4. The molecule has 0 aromatic heterocycles. The molecule has 0 spiro atoms. The summed E-state index contributed by atoms with van der Waals surface area (Å²) in [5.74, 6) is -0.525. The van der Waals surface area contributed by atoms with Gasteiger partial charge in [0.25, 0.3) is 11.1 Å².